The van der Waals surface area contributed by atoms with E-state index in [9.17, 15) is 4.79 Å². The van der Waals surface area contributed by atoms with Crippen LogP contribution < -0.4 is 0 Å². The highest BCUT2D eigenvalue weighted by Gasteiger charge is 2.11. The molecule has 1 aromatic heterocycles. The molecule has 0 bridgehead atoms. The molecule has 0 fully saturated rings. The lowest BCUT2D eigenvalue weighted by Crippen LogP contribution is -2.03. The predicted molar refractivity (Wildman–Crippen MR) is 83.3 cm³/mol. The van der Waals surface area contributed by atoms with Crippen molar-refractivity contribution in [3.05, 3.63) is 17.3 Å². The number of carbonyl (C=O) groups is 1. The molecule has 4 heteroatoms. The number of ether oxygens (including phenoxy) is 1. The summed E-state index contributed by atoms with van der Waals surface area (Å²) in [6, 6.07) is 0. The SMILES string of the molecule is CCCc1nc(CCCCCC(=O)OCC)oc1CCC. The van der Waals surface area contributed by atoms with Crippen LogP contribution in [0.25, 0.3) is 0 Å². The first-order valence-corrected chi connectivity index (χ1v) is 8.34. The molecule has 0 spiro atoms. The number of esters is 1. The zero-order valence-corrected chi connectivity index (χ0v) is 13.7. The van der Waals surface area contributed by atoms with Gasteiger partial charge in [-0.1, -0.05) is 26.7 Å². The summed E-state index contributed by atoms with van der Waals surface area (Å²) in [5.74, 6) is 1.84. The van der Waals surface area contributed by atoms with E-state index < -0.39 is 0 Å². The summed E-state index contributed by atoms with van der Waals surface area (Å²) in [4.78, 5) is 15.8. The molecule has 0 aliphatic heterocycles. The van der Waals surface area contributed by atoms with Gasteiger partial charge in [0.05, 0.1) is 12.3 Å². The van der Waals surface area contributed by atoms with Gasteiger partial charge in [-0.2, -0.15) is 0 Å². The zero-order valence-electron chi connectivity index (χ0n) is 13.7. The van der Waals surface area contributed by atoms with Gasteiger partial charge in [0.2, 0.25) is 0 Å². The molecule has 0 amide bonds. The molecule has 0 N–H and O–H groups in total. The van der Waals surface area contributed by atoms with Crippen molar-refractivity contribution in [2.24, 2.45) is 0 Å². The van der Waals surface area contributed by atoms with Gasteiger partial charge in [0, 0.05) is 19.3 Å². The van der Waals surface area contributed by atoms with Crippen LogP contribution in [-0.2, 0) is 28.8 Å². The van der Waals surface area contributed by atoms with Crippen molar-refractivity contribution in [1.82, 2.24) is 4.98 Å². The van der Waals surface area contributed by atoms with Crippen LogP contribution in [-0.4, -0.2) is 17.6 Å². The fourth-order valence-electron chi connectivity index (χ4n) is 2.35. The van der Waals surface area contributed by atoms with Gasteiger partial charge in [-0.3, -0.25) is 4.79 Å². The average Bonchev–Trinajstić information content (AvgIpc) is 2.82. The summed E-state index contributed by atoms with van der Waals surface area (Å²) < 4.78 is 10.8. The number of rotatable bonds is 11. The van der Waals surface area contributed by atoms with Crippen molar-refractivity contribution in [2.45, 2.75) is 78.6 Å². The summed E-state index contributed by atoms with van der Waals surface area (Å²) in [5, 5.41) is 0. The molecule has 21 heavy (non-hydrogen) atoms. The highest BCUT2D eigenvalue weighted by atomic mass is 16.5. The van der Waals surface area contributed by atoms with Gasteiger partial charge < -0.3 is 9.15 Å². The van der Waals surface area contributed by atoms with Crippen molar-refractivity contribution in [1.29, 1.82) is 0 Å². The maximum Gasteiger partial charge on any atom is 0.305 e. The number of nitrogens with zero attached hydrogens (tertiary/aromatic N) is 1. The van der Waals surface area contributed by atoms with E-state index >= 15 is 0 Å². The highest BCUT2D eigenvalue weighted by Crippen LogP contribution is 2.17. The lowest BCUT2D eigenvalue weighted by molar-refractivity contribution is -0.143. The van der Waals surface area contributed by atoms with E-state index in [1.807, 2.05) is 6.92 Å². The van der Waals surface area contributed by atoms with E-state index in [1.165, 1.54) is 0 Å². The molecule has 0 unspecified atom stereocenters. The first-order chi connectivity index (χ1) is 10.2. The van der Waals surface area contributed by atoms with Crippen LogP contribution in [0.15, 0.2) is 4.42 Å². The first kappa shape index (κ1) is 17.7. The van der Waals surface area contributed by atoms with Gasteiger partial charge >= 0.3 is 5.97 Å². The van der Waals surface area contributed by atoms with Gasteiger partial charge in [-0.05, 0) is 32.6 Å². The lowest BCUT2D eigenvalue weighted by atomic mass is 10.1. The fraction of sp³-hybridized carbons (Fsp3) is 0.765. The zero-order chi connectivity index (χ0) is 15.5. The van der Waals surface area contributed by atoms with Gasteiger partial charge in [0.1, 0.15) is 5.76 Å². The third-order valence-corrected chi connectivity index (χ3v) is 3.36. The average molecular weight is 295 g/mol. The maximum atomic E-state index is 11.2. The van der Waals surface area contributed by atoms with Crippen LogP contribution in [0.2, 0.25) is 0 Å². The molecular formula is C17H29NO3. The molecule has 120 valence electrons. The van der Waals surface area contributed by atoms with Crippen molar-refractivity contribution in [3.8, 4) is 0 Å². The van der Waals surface area contributed by atoms with E-state index in [0.717, 1.165) is 68.7 Å². The van der Waals surface area contributed by atoms with Crippen LogP contribution in [0.4, 0.5) is 0 Å². The summed E-state index contributed by atoms with van der Waals surface area (Å²) >= 11 is 0. The normalized spacial score (nSPS) is 10.8. The number of carbonyl (C=O) groups excluding carboxylic acids is 1. The number of aromatic nitrogens is 1. The Labute approximate surface area is 128 Å². The number of unbranched alkanes of at least 4 members (excludes halogenated alkanes) is 2. The maximum absolute atomic E-state index is 11.2. The number of oxazole rings is 1. The second-order valence-electron chi connectivity index (χ2n) is 5.34. The third-order valence-electron chi connectivity index (χ3n) is 3.36. The standard InChI is InChI=1S/C17H29NO3/c1-4-10-14-15(11-5-2)21-16(18-14)12-8-7-9-13-17(19)20-6-3/h4-13H2,1-3H3. The minimum atomic E-state index is -0.0934. The van der Waals surface area contributed by atoms with E-state index in [1.54, 1.807) is 0 Å². The Morgan fingerprint density at radius 2 is 1.81 bits per heavy atom. The van der Waals surface area contributed by atoms with Gasteiger partial charge in [-0.25, -0.2) is 4.98 Å². The molecule has 0 aliphatic carbocycles. The number of hydrogen-bond acceptors (Lipinski definition) is 4. The molecule has 0 saturated heterocycles. The van der Waals surface area contributed by atoms with Crippen molar-refractivity contribution in [3.63, 3.8) is 0 Å². The minimum absolute atomic E-state index is 0.0934. The second-order valence-corrected chi connectivity index (χ2v) is 5.34. The Balaban J connectivity index is 2.31. The Bertz CT molecular complexity index is 389. The molecule has 1 heterocycles. The van der Waals surface area contributed by atoms with Crippen LogP contribution in [0, 0.1) is 0 Å². The molecule has 0 aromatic carbocycles. The number of hydrogen-bond donors (Lipinski definition) is 0. The Morgan fingerprint density at radius 1 is 1.05 bits per heavy atom. The van der Waals surface area contributed by atoms with E-state index in [0.29, 0.717) is 13.0 Å². The summed E-state index contributed by atoms with van der Waals surface area (Å²) in [6.45, 7) is 6.63. The fourth-order valence-corrected chi connectivity index (χ4v) is 2.35. The van der Waals surface area contributed by atoms with E-state index in [4.69, 9.17) is 9.15 Å². The van der Waals surface area contributed by atoms with Crippen LogP contribution in [0.5, 0.6) is 0 Å². The van der Waals surface area contributed by atoms with Crippen LogP contribution >= 0.6 is 0 Å². The molecule has 4 nitrogen and oxygen atoms in total. The molecule has 0 saturated carbocycles. The van der Waals surface area contributed by atoms with Crippen molar-refractivity contribution < 1.29 is 13.9 Å². The quantitative estimate of drug-likeness (QED) is 0.452. The van der Waals surface area contributed by atoms with Gasteiger partial charge in [0.25, 0.3) is 0 Å². The minimum Gasteiger partial charge on any atom is -0.466 e. The Kier molecular flexibility index (Phi) is 8.79. The van der Waals surface area contributed by atoms with Crippen LogP contribution in [0.3, 0.4) is 0 Å². The monoisotopic (exact) mass is 295 g/mol. The van der Waals surface area contributed by atoms with E-state index in [-0.39, 0.29) is 5.97 Å². The molecule has 0 aliphatic rings. The summed E-state index contributed by atoms with van der Waals surface area (Å²) in [7, 11) is 0. The number of aryl methyl sites for hydroxylation is 3. The highest BCUT2D eigenvalue weighted by molar-refractivity contribution is 5.69. The molecule has 1 rings (SSSR count). The second kappa shape index (κ2) is 10.4. The molecule has 1 aromatic rings. The topological polar surface area (TPSA) is 52.3 Å². The molecule has 0 radical (unpaired) electrons. The third kappa shape index (κ3) is 6.78. The molecular weight excluding hydrogens is 266 g/mol. The predicted octanol–water partition coefficient (Wildman–Crippen LogP) is 4.25. The van der Waals surface area contributed by atoms with Crippen molar-refractivity contribution in [2.75, 3.05) is 6.61 Å². The van der Waals surface area contributed by atoms with Crippen LogP contribution in [0.1, 0.15) is 76.6 Å². The van der Waals surface area contributed by atoms with Crippen molar-refractivity contribution >= 4 is 5.97 Å². The summed E-state index contributed by atoms with van der Waals surface area (Å²) in [6.07, 6.45) is 8.44. The lowest BCUT2D eigenvalue weighted by Gasteiger charge is -2.00. The summed E-state index contributed by atoms with van der Waals surface area (Å²) in [5.41, 5.74) is 1.14. The van der Waals surface area contributed by atoms with Gasteiger partial charge in [0.15, 0.2) is 5.89 Å². The van der Waals surface area contributed by atoms with E-state index in [2.05, 4.69) is 18.8 Å². The van der Waals surface area contributed by atoms with Gasteiger partial charge in [-0.15, -0.1) is 0 Å². The Hall–Kier alpha value is -1.32. The molecule has 0 atom stereocenters. The largest absolute Gasteiger partial charge is 0.466 e. The first-order valence-electron chi connectivity index (χ1n) is 8.34. The smallest absolute Gasteiger partial charge is 0.305 e. The Morgan fingerprint density at radius 3 is 2.48 bits per heavy atom.